The molecule has 1 aromatic carbocycles. The van der Waals surface area contributed by atoms with Crippen LogP contribution in [0.25, 0.3) is 10.8 Å². The van der Waals surface area contributed by atoms with Crippen LogP contribution in [0.15, 0.2) is 36.7 Å². The smallest absolute Gasteiger partial charge is 0.180 e. The zero-order chi connectivity index (χ0) is 12.6. The summed E-state index contributed by atoms with van der Waals surface area (Å²) in [6.45, 7) is 2.06. The number of pyridine rings is 1. The maximum Gasteiger partial charge on any atom is 0.180 e. The summed E-state index contributed by atoms with van der Waals surface area (Å²) < 4.78 is -0.258. The van der Waals surface area contributed by atoms with Crippen molar-refractivity contribution in [2.45, 2.75) is 24.5 Å². The number of benzene rings is 1. The van der Waals surface area contributed by atoms with Crippen LogP contribution >= 0.6 is 11.8 Å². The SMILES string of the molecule is CC1(C(=O)c2cncc3ccccc23)CCCS1. The lowest BCUT2D eigenvalue weighted by Crippen LogP contribution is -2.29. The summed E-state index contributed by atoms with van der Waals surface area (Å²) in [5.41, 5.74) is 0.769. The van der Waals surface area contributed by atoms with Gasteiger partial charge in [-0.25, -0.2) is 0 Å². The molecule has 1 aliphatic heterocycles. The third-order valence-electron chi connectivity index (χ3n) is 3.61. The molecule has 3 heteroatoms. The second kappa shape index (κ2) is 4.39. The Balaban J connectivity index is 2.12. The lowest BCUT2D eigenvalue weighted by Gasteiger charge is -2.21. The van der Waals surface area contributed by atoms with Crippen molar-refractivity contribution in [2.24, 2.45) is 0 Å². The highest BCUT2D eigenvalue weighted by Gasteiger charge is 2.38. The first-order valence-electron chi connectivity index (χ1n) is 6.22. The Labute approximate surface area is 111 Å². The van der Waals surface area contributed by atoms with Crippen molar-refractivity contribution >= 4 is 28.3 Å². The first-order valence-corrected chi connectivity index (χ1v) is 7.21. The van der Waals surface area contributed by atoms with E-state index in [-0.39, 0.29) is 10.5 Å². The van der Waals surface area contributed by atoms with Gasteiger partial charge in [0, 0.05) is 23.3 Å². The fourth-order valence-corrected chi connectivity index (χ4v) is 3.81. The molecule has 1 atom stereocenters. The third-order valence-corrected chi connectivity index (χ3v) is 5.13. The monoisotopic (exact) mass is 257 g/mol. The van der Waals surface area contributed by atoms with Gasteiger partial charge < -0.3 is 0 Å². The second-order valence-corrected chi connectivity index (χ2v) is 6.52. The van der Waals surface area contributed by atoms with Gasteiger partial charge in [-0.3, -0.25) is 9.78 Å². The lowest BCUT2D eigenvalue weighted by atomic mass is 9.93. The van der Waals surface area contributed by atoms with Gasteiger partial charge in [-0.2, -0.15) is 0 Å². The van der Waals surface area contributed by atoms with Crippen molar-refractivity contribution in [2.75, 3.05) is 5.75 Å². The highest BCUT2D eigenvalue weighted by Crippen LogP contribution is 2.41. The van der Waals surface area contributed by atoms with Gasteiger partial charge in [0.15, 0.2) is 5.78 Å². The maximum absolute atomic E-state index is 12.7. The van der Waals surface area contributed by atoms with E-state index in [1.54, 1.807) is 18.0 Å². The van der Waals surface area contributed by atoms with Gasteiger partial charge in [-0.15, -0.1) is 11.8 Å². The molecule has 1 unspecified atom stereocenters. The van der Waals surface area contributed by atoms with Crippen LogP contribution in [0.2, 0.25) is 0 Å². The number of nitrogens with zero attached hydrogens (tertiary/aromatic N) is 1. The van der Waals surface area contributed by atoms with E-state index in [1.807, 2.05) is 30.5 Å². The van der Waals surface area contributed by atoms with Crippen LogP contribution in [-0.4, -0.2) is 21.3 Å². The molecule has 0 spiro atoms. The predicted octanol–water partition coefficient (Wildman–Crippen LogP) is 3.70. The molecule has 1 aromatic heterocycles. The number of hydrogen-bond acceptors (Lipinski definition) is 3. The molecule has 1 fully saturated rings. The van der Waals surface area contributed by atoms with Gasteiger partial charge in [-0.05, 0) is 30.9 Å². The number of rotatable bonds is 2. The minimum absolute atomic E-state index is 0.231. The highest BCUT2D eigenvalue weighted by atomic mass is 32.2. The van der Waals surface area contributed by atoms with Crippen molar-refractivity contribution in [3.05, 3.63) is 42.2 Å². The molecule has 1 saturated heterocycles. The van der Waals surface area contributed by atoms with Gasteiger partial charge in [0.05, 0.1) is 4.75 Å². The number of fused-ring (bicyclic) bond motifs is 1. The topological polar surface area (TPSA) is 30.0 Å². The number of thioether (sulfide) groups is 1. The molecule has 0 N–H and O–H groups in total. The van der Waals surface area contributed by atoms with Crippen LogP contribution in [-0.2, 0) is 0 Å². The molecule has 0 bridgehead atoms. The summed E-state index contributed by atoms with van der Waals surface area (Å²) in [6.07, 6.45) is 5.63. The first-order chi connectivity index (χ1) is 8.71. The minimum Gasteiger partial charge on any atom is -0.293 e. The molecule has 2 aromatic rings. The average Bonchev–Trinajstić information content (AvgIpc) is 2.85. The quantitative estimate of drug-likeness (QED) is 0.768. The van der Waals surface area contributed by atoms with E-state index in [9.17, 15) is 4.79 Å². The molecule has 92 valence electrons. The number of aromatic nitrogens is 1. The molecule has 0 radical (unpaired) electrons. The van der Waals surface area contributed by atoms with Crippen LogP contribution in [0.4, 0.5) is 0 Å². The Morgan fingerprint density at radius 2 is 2.17 bits per heavy atom. The molecule has 0 aliphatic carbocycles. The molecule has 0 saturated carbocycles. The van der Waals surface area contributed by atoms with E-state index in [2.05, 4.69) is 11.9 Å². The summed E-state index contributed by atoms with van der Waals surface area (Å²) in [7, 11) is 0. The molecule has 2 nitrogen and oxygen atoms in total. The van der Waals surface area contributed by atoms with Crippen LogP contribution in [0, 0.1) is 0 Å². The Bertz CT molecular complexity index is 597. The van der Waals surface area contributed by atoms with Crippen molar-refractivity contribution in [3.63, 3.8) is 0 Å². The van der Waals surface area contributed by atoms with Gasteiger partial charge >= 0.3 is 0 Å². The largest absolute Gasteiger partial charge is 0.293 e. The maximum atomic E-state index is 12.7. The normalized spacial score (nSPS) is 23.4. The van der Waals surface area contributed by atoms with E-state index in [0.717, 1.165) is 34.9 Å². The Hall–Kier alpha value is -1.35. The van der Waals surface area contributed by atoms with E-state index in [4.69, 9.17) is 0 Å². The average molecular weight is 257 g/mol. The first kappa shape index (κ1) is 11.7. The van der Waals surface area contributed by atoms with E-state index < -0.39 is 0 Å². The number of carbonyl (C=O) groups excluding carboxylic acids is 1. The molecule has 18 heavy (non-hydrogen) atoms. The van der Waals surface area contributed by atoms with Crippen LogP contribution in [0.5, 0.6) is 0 Å². The molecule has 3 rings (SSSR count). The van der Waals surface area contributed by atoms with Crippen molar-refractivity contribution in [1.29, 1.82) is 0 Å². The van der Waals surface area contributed by atoms with E-state index in [1.165, 1.54) is 0 Å². The fourth-order valence-electron chi connectivity index (χ4n) is 2.54. The minimum atomic E-state index is -0.258. The highest BCUT2D eigenvalue weighted by molar-refractivity contribution is 8.01. The Kier molecular flexibility index (Phi) is 2.86. The van der Waals surface area contributed by atoms with E-state index in [0.29, 0.717) is 0 Å². The summed E-state index contributed by atoms with van der Waals surface area (Å²) in [4.78, 5) is 16.9. The van der Waals surface area contributed by atoms with Crippen molar-refractivity contribution in [3.8, 4) is 0 Å². The Morgan fingerprint density at radius 1 is 1.33 bits per heavy atom. The van der Waals surface area contributed by atoms with Crippen LogP contribution in [0.1, 0.15) is 30.1 Å². The van der Waals surface area contributed by atoms with Crippen LogP contribution < -0.4 is 0 Å². The van der Waals surface area contributed by atoms with Gasteiger partial charge in [0.2, 0.25) is 0 Å². The number of Topliss-reactive ketones (excluding diaryl/α,β-unsaturated/α-hetero) is 1. The zero-order valence-electron chi connectivity index (χ0n) is 10.3. The molecule has 0 amide bonds. The van der Waals surface area contributed by atoms with Gasteiger partial charge in [-0.1, -0.05) is 24.3 Å². The van der Waals surface area contributed by atoms with Gasteiger partial charge in [0.1, 0.15) is 0 Å². The number of ketones is 1. The lowest BCUT2D eigenvalue weighted by molar-refractivity contribution is 0.0950. The fraction of sp³-hybridized carbons (Fsp3) is 0.333. The summed E-state index contributed by atoms with van der Waals surface area (Å²) >= 11 is 1.78. The standard InChI is InChI=1S/C15H15NOS/c1-15(7-4-8-18-15)14(17)13-10-16-9-11-5-2-3-6-12(11)13/h2-3,5-6,9-10H,4,7-8H2,1H3. The molecular weight excluding hydrogens is 242 g/mol. The number of carbonyl (C=O) groups is 1. The van der Waals surface area contributed by atoms with Crippen LogP contribution in [0.3, 0.4) is 0 Å². The summed E-state index contributed by atoms with van der Waals surface area (Å²) in [5, 5.41) is 2.06. The molecular formula is C15H15NOS. The van der Waals surface area contributed by atoms with E-state index >= 15 is 0 Å². The second-order valence-electron chi connectivity index (χ2n) is 4.92. The summed E-state index contributed by atoms with van der Waals surface area (Å²) in [6, 6.07) is 7.96. The Morgan fingerprint density at radius 3 is 2.94 bits per heavy atom. The van der Waals surface area contributed by atoms with Gasteiger partial charge in [0.25, 0.3) is 0 Å². The molecule has 2 heterocycles. The van der Waals surface area contributed by atoms with Crippen molar-refractivity contribution in [1.82, 2.24) is 4.98 Å². The third kappa shape index (κ3) is 1.83. The predicted molar refractivity (Wildman–Crippen MR) is 76.2 cm³/mol. The number of hydrogen-bond donors (Lipinski definition) is 0. The zero-order valence-corrected chi connectivity index (χ0v) is 11.2. The molecule has 1 aliphatic rings. The van der Waals surface area contributed by atoms with Crippen molar-refractivity contribution < 1.29 is 4.79 Å². The summed E-state index contributed by atoms with van der Waals surface area (Å²) in [5.74, 6) is 1.31.